The zero-order valence-electron chi connectivity index (χ0n) is 9.74. The van der Waals surface area contributed by atoms with E-state index in [0.29, 0.717) is 18.2 Å². The fraction of sp³-hybridized carbons (Fsp3) is 0.250. The molecule has 0 bridgehead atoms. The zero-order chi connectivity index (χ0) is 12.7. The Balaban J connectivity index is 2.18. The van der Waals surface area contributed by atoms with E-state index in [2.05, 4.69) is 4.98 Å². The molecule has 0 aliphatic carbocycles. The first-order valence-corrected chi connectivity index (χ1v) is 5.64. The third-order valence-electron chi connectivity index (χ3n) is 2.87. The molecule has 92 valence electrons. The SMILES string of the molecule is CC1Cn2c(nc(-c3ccccc3)c2[N+](=O)[O-])O1. The average Bonchev–Trinajstić information content (AvgIpc) is 2.85. The lowest BCUT2D eigenvalue weighted by atomic mass is 10.1. The minimum absolute atomic E-state index is 0.000509. The number of hydrogen-bond donors (Lipinski definition) is 0. The fourth-order valence-electron chi connectivity index (χ4n) is 2.13. The molecule has 0 saturated heterocycles. The second kappa shape index (κ2) is 3.83. The van der Waals surface area contributed by atoms with Crippen LogP contribution in [0.25, 0.3) is 11.3 Å². The number of rotatable bonds is 2. The lowest BCUT2D eigenvalue weighted by molar-refractivity contribution is -0.391. The van der Waals surface area contributed by atoms with Crippen LogP contribution in [0.15, 0.2) is 30.3 Å². The molecular formula is C12H11N3O3. The van der Waals surface area contributed by atoms with Crippen molar-refractivity contribution >= 4 is 5.82 Å². The fourth-order valence-corrected chi connectivity index (χ4v) is 2.13. The van der Waals surface area contributed by atoms with Crippen LogP contribution in [0.3, 0.4) is 0 Å². The Labute approximate surface area is 103 Å². The Hall–Kier alpha value is -2.37. The topological polar surface area (TPSA) is 70.2 Å². The first kappa shape index (κ1) is 10.8. The number of aromatic nitrogens is 2. The van der Waals surface area contributed by atoms with Crippen LogP contribution in [0.5, 0.6) is 6.01 Å². The van der Waals surface area contributed by atoms with Gasteiger partial charge < -0.3 is 14.9 Å². The van der Waals surface area contributed by atoms with Crippen LogP contribution < -0.4 is 4.74 Å². The van der Waals surface area contributed by atoms with Crippen molar-refractivity contribution in [1.82, 2.24) is 9.55 Å². The predicted octanol–water partition coefficient (Wildman–Crippen LogP) is 2.24. The number of hydrogen-bond acceptors (Lipinski definition) is 4. The van der Waals surface area contributed by atoms with E-state index in [0.717, 1.165) is 5.56 Å². The molecule has 0 saturated carbocycles. The molecule has 2 heterocycles. The van der Waals surface area contributed by atoms with E-state index in [-0.39, 0.29) is 11.9 Å². The molecule has 0 N–H and O–H groups in total. The smallest absolute Gasteiger partial charge is 0.392 e. The molecule has 6 nitrogen and oxygen atoms in total. The lowest BCUT2D eigenvalue weighted by Gasteiger charge is -2.01. The molecule has 1 aliphatic heterocycles. The van der Waals surface area contributed by atoms with Gasteiger partial charge in [0.1, 0.15) is 12.6 Å². The third kappa shape index (κ3) is 1.54. The van der Waals surface area contributed by atoms with Gasteiger partial charge in [-0.05, 0) is 11.8 Å². The van der Waals surface area contributed by atoms with Gasteiger partial charge in [0.15, 0.2) is 5.69 Å². The van der Waals surface area contributed by atoms with E-state index < -0.39 is 4.92 Å². The summed E-state index contributed by atoms with van der Waals surface area (Å²) in [5.41, 5.74) is 1.09. The molecule has 0 spiro atoms. The molecule has 18 heavy (non-hydrogen) atoms. The van der Waals surface area contributed by atoms with Crippen molar-refractivity contribution in [3.05, 3.63) is 40.4 Å². The van der Waals surface area contributed by atoms with Gasteiger partial charge in [0.05, 0.1) is 0 Å². The predicted molar refractivity (Wildman–Crippen MR) is 64.4 cm³/mol. The van der Waals surface area contributed by atoms with Gasteiger partial charge in [-0.15, -0.1) is 0 Å². The highest BCUT2D eigenvalue weighted by atomic mass is 16.6. The molecule has 6 heteroatoms. The summed E-state index contributed by atoms with van der Waals surface area (Å²) in [5.74, 6) is 0.000509. The van der Waals surface area contributed by atoms with Crippen LogP contribution in [0.1, 0.15) is 6.92 Å². The first-order chi connectivity index (χ1) is 8.66. The Morgan fingerprint density at radius 2 is 2.17 bits per heavy atom. The summed E-state index contributed by atoms with van der Waals surface area (Å²) in [6.45, 7) is 2.33. The van der Waals surface area contributed by atoms with Gasteiger partial charge in [0.25, 0.3) is 0 Å². The standard InChI is InChI=1S/C12H11N3O3/c1-8-7-14-11(15(16)17)10(13-12(14)18-8)9-5-3-2-4-6-9/h2-6,8H,7H2,1H3. The van der Waals surface area contributed by atoms with E-state index in [9.17, 15) is 10.1 Å². The molecule has 3 rings (SSSR count). The molecule has 0 fully saturated rings. The summed E-state index contributed by atoms with van der Waals surface area (Å²) in [7, 11) is 0. The van der Waals surface area contributed by atoms with Crippen LogP contribution in [-0.4, -0.2) is 20.6 Å². The minimum atomic E-state index is -0.403. The van der Waals surface area contributed by atoms with Crippen molar-refractivity contribution in [3.8, 4) is 17.3 Å². The first-order valence-electron chi connectivity index (χ1n) is 5.64. The second-order valence-corrected chi connectivity index (χ2v) is 4.23. The summed E-state index contributed by atoms with van der Waals surface area (Å²) >= 11 is 0. The van der Waals surface area contributed by atoms with Gasteiger partial charge in [-0.1, -0.05) is 30.3 Å². The average molecular weight is 245 g/mol. The molecule has 1 atom stereocenters. The van der Waals surface area contributed by atoms with Gasteiger partial charge in [-0.25, -0.2) is 0 Å². The summed E-state index contributed by atoms with van der Waals surface area (Å²) in [6.07, 6.45) is -0.0731. The van der Waals surface area contributed by atoms with Crippen molar-refractivity contribution in [1.29, 1.82) is 0 Å². The largest absolute Gasteiger partial charge is 0.440 e. The Bertz CT molecular complexity index is 607. The molecule has 1 aromatic carbocycles. The van der Waals surface area contributed by atoms with Gasteiger partial charge in [-0.3, -0.25) is 0 Å². The van der Waals surface area contributed by atoms with Crippen molar-refractivity contribution in [3.63, 3.8) is 0 Å². The van der Waals surface area contributed by atoms with E-state index in [4.69, 9.17) is 4.74 Å². The zero-order valence-corrected chi connectivity index (χ0v) is 9.74. The van der Waals surface area contributed by atoms with Crippen molar-refractivity contribution in [2.24, 2.45) is 0 Å². The summed E-state index contributed by atoms with van der Waals surface area (Å²) in [6, 6.07) is 9.44. The molecule has 2 aromatic rings. The highest BCUT2D eigenvalue weighted by Gasteiger charge is 2.35. The van der Waals surface area contributed by atoms with Crippen LogP contribution in [0.2, 0.25) is 0 Å². The second-order valence-electron chi connectivity index (χ2n) is 4.23. The maximum atomic E-state index is 11.2. The van der Waals surface area contributed by atoms with Crippen molar-refractivity contribution in [2.75, 3.05) is 0 Å². The van der Waals surface area contributed by atoms with Crippen molar-refractivity contribution < 1.29 is 9.66 Å². The Morgan fingerprint density at radius 3 is 2.83 bits per heavy atom. The summed E-state index contributed by atoms with van der Waals surface area (Å²) in [5, 5.41) is 11.2. The molecular weight excluding hydrogens is 234 g/mol. The summed E-state index contributed by atoms with van der Waals surface area (Å²) in [4.78, 5) is 15.0. The van der Waals surface area contributed by atoms with Crippen LogP contribution >= 0.6 is 0 Å². The van der Waals surface area contributed by atoms with E-state index in [1.807, 2.05) is 25.1 Å². The van der Waals surface area contributed by atoms with E-state index in [1.54, 1.807) is 12.1 Å². The van der Waals surface area contributed by atoms with Crippen molar-refractivity contribution in [2.45, 2.75) is 19.6 Å². The number of fused-ring (bicyclic) bond motifs is 1. The molecule has 1 unspecified atom stereocenters. The third-order valence-corrected chi connectivity index (χ3v) is 2.87. The number of benzene rings is 1. The number of imidazole rings is 1. The van der Waals surface area contributed by atoms with Gasteiger partial charge in [0, 0.05) is 5.56 Å². The Morgan fingerprint density at radius 1 is 1.44 bits per heavy atom. The number of nitro groups is 1. The highest BCUT2D eigenvalue weighted by molar-refractivity contribution is 5.69. The Kier molecular flexibility index (Phi) is 2.29. The molecule has 1 aromatic heterocycles. The van der Waals surface area contributed by atoms with E-state index in [1.165, 1.54) is 4.57 Å². The molecule has 1 aliphatic rings. The van der Waals surface area contributed by atoms with Crippen LogP contribution in [-0.2, 0) is 6.54 Å². The van der Waals surface area contributed by atoms with Crippen LogP contribution in [0.4, 0.5) is 5.82 Å². The minimum Gasteiger partial charge on any atom is -0.440 e. The normalized spacial score (nSPS) is 17.3. The quantitative estimate of drug-likeness (QED) is 0.601. The number of ether oxygens (including phenoxy) is 1. The molecule has 0 amide bonds. The lowest BCUT2D eigenvalue weighted by Crippen LogP contribution is -2.10. The monoisotopic (exact) mass is 245 g/mol. The van der Waals surface area contributed by atoms with Gasteiger partial charge in [-0.2, -0.15) is 9.55 Å². The molecule has 0 radical (unpaired) electrons. The van der Waals surface area contributed by atoms with Crippen LogP contribution in [0, 0.1) is 10.1 Å². The van der Waals surface area contributed by atoms with E-state index >= 15 is 0 Å². The number of nitrogens with zero attached hydrogens (tertiary/aromatic N) is 3. The summed E-state index contributed by atoms with van der Waals surface area (Å²) < 4.78 is 6.97. The van der Waals surface area contributed by atoms with Gasteiger partial charge in [0.2, 0.25) is 0 Å². The highest BCUT2D eigenvalue weighted by Crippen LogP contribution is 2.36. The van der Waals surface area contributed by atoms with Gasteiger partial charge >= 0.3 is 11.8 Å². The maximum Gasteiger partial charge on any atom is 0.392 e. The maximum absolute atomic E-state index is 11.2.